The molecule has 0 unspecified atom stereocenters. The third-order valence-corrected chi connectivity index (χ3v) is 2.07. The van der Waals surface area contributed by atoms with Crippen LogP contribution in [0.2, 0.25) is 0 Å². The fourth-order valence-corrected chi connectivity index (χ4v) is 1.10. The summed E-state index contributed by atoms with van der Waals surface area (Å²) in [5.41, 5.74) is 8.78. The van der Waals surface area contributed by atoms with Gasteiger partial charge in [-0.15, -0.1) is 0 Å². The van der Waals surface area contributed by atoms with Crippen molar-refractivity contribution in [3.8, 4) is 0 Å². The Hall–Kier alpha value is -0.950. The maximum atomic E-state index is 11.0. The maximum absolute atomic E-state index is 11.0. The molecule has 0 fully saturated rings. The van der Waals surface area contributed by atoms with Crippen molar-refractivity contribution in [1.82, 2.24) is 0 Å². The van der Waals surface area contributed by atoms with E-state index in [0.29, 0.717) is 0 Å². The molecule has 0 aliphatic carbocycles. The lowest BCUT2D eigenvalue weighted by Gasteiger charge is -2.28. The summed E-state index contributed by atoms with van der Waals surface area (Å²) in [6.07, 6.45) is 1.28. The molecule has 0 bridgehead atoms. The highest BCUT2D eigenvalue weighted by atomic mass is 16.3. The van der Waals surface area contributed by atoms with E-state index in [4.69, 9.17) is 26.8 Å². The smallest absolute Gasteiger partial charge is 0.245 e. The lowest BCUT2D eigenvalue weighted by Crippen LogP contribution is -2.41. The van der Waals surface area contributed by atoms with Crippen LogP contribution in [0.15, 0.2) is 11.6 Å². The first-order chi connectivity index (χ1) is 6.57. The molecule has 0 aliphatic heterocycles. The van der Waals surface area contributed by atoms with Crippen molar-refractivity contribution in [2.75, 3.05) is 26.4 Å². The minimum atomic E-state index is -1.41. The topological polar surface area (TPSA) is 130 Å². The minimum absolute atomic E-state index is 0.0417. The van der Waals surface area contributed by atoms with Crippen molar-refractivity contribution in [3.05, 3.63) is 11.6 Å². The van der Waals surface area contributed by atoms with Crippen LogP contribution in [0.4, 0.5) is 0 Å². The fraction of sp³-hybridized carbons (Fsp3) is 0.625. The number of amides is 1. The highest BCUT2D eigenvalue weighted by molar-refractivity contribution is 5.93. The van der Waals surface area contributed by atoms with Crippen LogP contribution < -0.4 is 11.5 Å². The molecule has 0 aromatic carbocycles. The average molecular weight is 204 g/mol. The van der Waals surface area contributed by atoms with Crippen LogP contribution in [0.25, 0.3) is 0 Å². The fourth-order valence-electron chi connectivity index (χ4n) is 1.10. The van der Waals surface area contributed by atoms with Gasteiger partial charge in [-0.25, -0.2) is 0 Å². The van der Waals surface area contributed by atoms with Crippen LogP contribution in [0, 0.1) is 5.41 Å². The zero-order valence-corrected chi connectivity index (χ0v) is 7.81. The Labute approximate surface area is 81.8 Å². The number of carbonyl (C=O) groups is 1. The Morgan fingerprint density at radius 1 is 1.21 bits per heavy atom. The van der Waals surface area contributed by atoms with E-state index >= 15 is 0 Å². The van der Waals surface area contributed by atoms with E-state index in [1.165, 1.54) is 6.08 Å². The number of hydrogen-bond acceptors (Lipinski definition) is 5. The Morgan fingerprint density at radius 2 is 1.64 bits per heavy atom. The molecule has 0 saturated carbocycles. The molecule has 0 aromatic heterocycles. The van der Waals surface area contributed by atoms with Gasteiger partial charge in [-0.3, -0.25) is 4.79 Å². The van der Waals surface area contributed by atoms with Crippen LogP contribution in [0.3, 0.4) is 0 Å². The van der Waals surface area contributed by atoms with Crippen molar-refractivity contribution in [3.63, 3.8) is 0 Å². The number of aliphatic hydroxyl groups excluding tert-OH is 3. The van der Waals surface area contributed by atoms with Gasteiger partial charge in [0.2, 0.25) is 5.91 Å². The lowest BCUT2D eigenvalue weighted by molar-refractivity contribution is -0.117. The Morgan fingerprint density at radius 3 is 1.86 bits per heavy atom. The average Bonchev–Trinajstić information content (AvgIpc) is 2.19. The van der Waals surface area contributed by atoms with Gasteiger partial charge in [-0.1, -0.05) is 6.08 Å². The third-order valence-electron chi connectivity index (χ3n) is 2.07. The molecule has 0 spiro atoms. The molecule has 7 N–H and O–H groups in total. The van der Waals surface area contributed by atoms with E-state index < -0.39 is 31.1 Å². The standard InChI is InChI=1S/C8H16N2O4/c9-2-1-6(7(10)14)8(3-11,4-12)5-13/h1,11-13H,2-5,9H2,(H2,10,14). The Kier molecular flexibility index (Phi) is 5.32. The second kappa shape index (κ2) is 5.71. The summed E-state index contributed by atoms with van der Waals surface area (Å²) in [6.45, 7) is -1.68. The first-order valence-electron chi connectivity index (χ1n) is 4.11. The van der Waals surface area contributed by atoms with E-state index in [2.05, 4.69) is 0 Å². The van der Waals surface area contributed by atoms with Crippen LogP contribution in [-0.4, -0.2) is 47.6 Å². The first-order valence-corrected chi connectivity index (χ1v) is 4.11. The minimum Gasteiger partial charge on any atom is -0.395 e. The van der Waals surface area contributed by atoms with Gasteiger partial charge in [0.1, 0.15) is 0 Å². The van der Waals surface area contributed by atoms with Crippen molar-refractivity contribution in [2.45, 2.75) is 0 Å². The SMILES string of the molecule is NCC=C(C(N)=O)C(CO)(CO)CO. The molecule has 0 aliphatic rings. The van der Waals surface area contributed by atoms with Gasteiger partial charge in [0.15, 0.2) is 0 Å². The Bertz CT molecular complexity index is 215. The van der Waals surface area contributed by atoms with Gasteiger partial charge in [0.05, 0.1) is 25.2 Å². The highest BCUT2D eigenvalue weighted by Crippen LogP contribution is 2.25. The monoisotopic (exact) mass is 204 g/mol. The molecule has 0 aromatic rings. The number of primary amides is 1. The van der Waals surface area contributed by atoms with Gasteiger partial charge in [-0.2, -0.15) is 0 Å². The molecular formula is C8H16N2O4. The molecule has 82 valence electrons. The molecule has 6 heteroatoms. The van der Waals surface area contributed by atoms with Crippen molar-refractivity contribution < 1.29 is 20.1 Å². The predicted octanol–water partition coefficient (Wildman–Crippen LogP) is -2.68. The molecule has 0 heterocycles. The van der Waals surface area contributed by atoms with Crippen molar-refractivity contribution in [1.29, 1.82) is 0 Å². The molecule has 0 atom stereocenters. The van der Waals surface area contributed by atoms with Gasteiger partial charge in [0, 0.05) is 12.1 Å². The van der Waals surface area contributed by atoms with Gasteiger partial charge < -0.3 is 26.8 Å². The first kappa shape index (κ1) is 13.1. The van der Waals surface area contributed by atoms with Crippen LogP contribution in [0.1, 0.15) is 0 Å². The van der Waals surface area contributed by atoms with Crippen molar-refractivity contribution in [2.24, 2.45) is 16.9 Å². The second-order valence-corrected chi connectivity index (χ2v) is 2.97. The molecular weight excluding hydrogens is 188 g/mol. The predicted molar refractivity (Wildman–Crippen MR) is 50.0 cm³/mol. The largest absolute Gasteiger partial charge is 0.395 e. The van der Waals surface area contributed by atoms with E-state index in [1.807, 2.05) is 0 Å². The molecule has 0 saturated heterocycles. The zero-order chi connectivity index (χ0) is 11.2. The van der Waals surface area contributed by atoms with Gasteiger partial charge >= 0.3 is 0 Å². The summed E-state index contributed by atoms with van der Waals surface area (Å²) in [5.74, 6) is -0.812. The summed E-state index contributed by atoms with van der Waals surface area (Å²) in [5, 5.41) is 27.0. The summed E-state index contributed by atoms with van der Waals surface area (Å²) in [4.78, 5) is 11.0. The number of aliphatic hydroxyl groups is 3. The summed E-state index contributed by atoms with van der Waals surface area (Å²) < 4.78 is 0. The summed E-state index contributed by atoms with van der Waals surface area (Å²) in [6, 6.07) is 0. The van der Waals surface area contributed by atoms with E-state index in [1.54, 1.807) is 0 Å². The molecule has 14 heavy (non-hydrogen) atoms. The number of carbonyl (C=O) groups excluding carboxylic acids is 1. The normalized spacial score (nSPS) is 13.0. The van der Waals surface area contributed by atoms with Crippen LogP contribution >= 0.6 is 0 Å². The van der Waals surface area contributed by atoms with E-state index in [-0.39, 0.29) is 12.1 Å². The van der Waals surface area contributed by atoms with Gasteiger partial charge in [0.25, 0.3) is 0 Å². The third kappa shape index (κ3) is 2.52. The summed E-state index contributed by atoms with van der Waals surface area (Å²) in [7, 11) is 0. The second-order valence-electron chi connectivity index (χ2n) is 2.97. The van der Waals surface area contributed by atoms with Crippen LogP contribution in [-0.2, 0) is 4.79 Å². The zero-order valence-electron chi connectivity index (χ0n) is 7.81. The van der Waals surface area contributed by atoms with Crippen LogP contribution in [0.5, 0.6) is 0 Å². The molecule has 0 rings (SSSR count). The lowest BCUT2D eigenvalue weighted by atomic mass is 9.81. The highest BCUT2D eigenvalue weighted by Gasteiger charge is 2.35. The quantitative estimate of drug-likeness (QED) is 0.301. The number of nitrogens with two attached hydrogens (primary N) is 2. The van der Waals surface area contributed by atoms with Gasteiger partial charge in [-0.05, 0) is 0 Å². The van der Waals surface area contributed by atoms with Crippen molar-refractivity contribution >= 4 is 5.91 Å². The number of rotatable bonds is 6. The molecule has 1 amide bonds. The number of hydrogen-bond donors (Lipinski definition) is 5. The maximum Gasteiger partial charge on any atom is 0.245 e. The Balaban J connectivity index is 5.11. The van der Waals surface area contributed by atoms with E-state index in [9.17, 15) is 4.79 Å². The van der Waals surface area contributed by atoms with E-state index in [0.717, 1.165) is 0 Å². The molecule has 6 nitrogen and oxygen atoms in total. The summed E-state index contributed by atoms with van der Waals surface area (Å²) >= 11 is 0. The molecule has 0 radical (unpaired) electrons.